The molecule has 2 atom stereocenters. The van der Waals surface area contributed by atoms with E-state index in [9.17, 15) is 4.79 Å². The molecule has 18 heavy (non-hydrogen) atoms. The van der Waals surface area contributed by atoms with Gasteiger partial charge < -0.3 is 10.1 Å². The Morgan fingerprint density at radius 3 is 2.72 bits per heavy atom. The second-order valence-electron chi connectivity index (χ2n) is 4.15. The van der Waals surface area contributed by atoms with E-state index in [2.05, 4.69) is 21.2 Å². The minimum atomic E-state index is -0.545. The minimum absolute atomic E-state index is 0.119. The number of rotatable bonds is 5. The molecule has 0 saturated heterocycles. The van der Waals surface area contributed by atoms with Gasteiger partial charge in [0, 0.05) is 11.1 Å². The van der Waals surface area contributed by atoms with Crippen molar-refractivity contribution in [3.8, 4) is 5.75 Å². The van der Waals surface area contributed by atoms with E-state index < -0.39 is 6.10 Å². The average molecular weight is 335 g/mol. The van der Waals surface area contributed by atoms with Crippen molar-refractivity contribution in [3.63, 3.8) is 0 Å². The fraction of sp³-hybridized carbons (Fsp3) is 0.462. The highest BCUT2D eigenvalue weighted by molar-refractivity contribution is 9.10. The zero-order valence-electron chi connectivity index (χ0n) is 10.7. The lowest BCUT2D eigenvalue weighted by atomic mass is 10.2. The van der Waals surface area contributed by atoms with Crippen LogP contribution in [0.5, 0.6) is 5.75 Å². The summed E-state index contributed by atoms with van der Waals surface area (Å²) in [7, 11) is 0. The lowest BCUT2D eigenvalue weighted by molar-refractivity contribution is -0.127. The number of carbonyl (C=O) groups is 1. The van der Waals surface area contributed by atoms with Gasteiger partial charge in [-0.15, -0.1) is 0 Å². The van der Waals surface area contributed by atoms with Gasteiger partial charge in [-0.05, 0) is 54.4 Å². The van der Waals surface area contributed by atoms with Crippen molar-refractivity contribution in [2.75, 3.05) is 0 Å². The molecule has 0 fully saturated rings. The van der Waals surface area contributed by atoms with Crippen LogP contribution in [0.15, 0.2) is 22.7 Å². The van der Waals surface area contributed by atoms with Gasteiger partial charge in [-0.25, -0.2) is 0 Å². The zero-order valence-corrected chi connectivity index (χ0v) is 13.0. The maximum atomic E-state index is 11.8. The highest BCUT2D eigenvalue weighted by Crippen LogP contribution is 2.28. The predicted octanol–water partition coefficient (Wildman–Crippen LogP) is 3.78. The van der Waals surface area contributed by atoms with Crippen LogP contribution in [-0.4, -0.2) is 18.1 Å². The minimum Gasteiger partial charge on any atom is -0.480 e. The third-order valence-corrected chi connectivity index (χ3v) is 3.42. The van der Waals surface area contributed by atoms with Crippen molar-refractivity contribution in [1.29, 1.82) is 0 Å². The third kappa shape index (κ3) is 4.50. The molecule has 1 N–H and O–H groups in total. The smallest absolute Gasteiger partial charge is 0.260 e. The Kier molecular flexibility index (Phi) is 5.96. The molecule has 0 aliphatic rings. The second-order valence-corrected chi connectivity index (χ2v) is 5.44. The molecule has 2 unspecified atom stereocenters. The number of carbonyl (C=O) groups excluding carboxylic acids is 1. The molecule has 0 saturated carbocycles. The normalized spacial score (nSPS) is 13.8. The zero-order chi connectivity index (χ0) is 13.7. The molecule has 1 rings (SSSR count). The van der Waals surface area contributed by atoms with Gasteiger partial charge in [-0.2, -0.15) is 0 Å². The van der Waals surface area contributed by atoms with E-state index in [1.54, 1.807) is 25.1 Å². The van der Waals surface area contributed by atoms with Gasteiger partial charge in [0.2, 0.25) is 0 Å². The van der Waals surface area contributed by atoms with Gasteiger partial charge in [-0.1, -0.05) is 18.5 Å². The summed E-state index contributed by atoms with van der Waals surface area (Å²) in [4.78, 5) is 11.8. The number of hydrogen-bond acceptors (Lipinski definition) is 2. The Hall–Kier alpha value is -0.740. The molecule has 0 spiro atoms. The van der Waals surface area contributed by atoms with Gasteiger partial charge in [0.15, 0.2) is 6.10 Å². The van der Waals surface area contributed by atoms with Crippen LogP contribution in [-0.2, 0) is 4.79 Å². The molecule has 100 valence electrons. The quantitative estimate of drug-likeness (QED) is 0.890. The molecular formula is C13H17BrClNO2. The maximum Gasteiger partial charge on any atom is 0.260 e. The first-order valence-electron chi connectivity index (χ1n) is 5.86. The first kappa shape index (κ1) is 15.3. The van der Waals surface area contributed by atoms with E-state index in [0.29, 0.717) is 10.8 Å². The molecule has 0 bridgehead atoms. The average Bonchev–Trinajstić information content (AvgIpc) is 2.32. The van der Waals surface area contributed by atoms with Crippen molar-refractivity contribution in [2.45, 2.75) is 39.3 Å². The summed E-state index contributed by atoms with van der Waals surface area (Å²) in [5.74, 6) is 0.484. The van der Waals surface area contributed by atoms with Crippen LogP contribution >= 0.6 is 27.5 Å². The van der Waals surface area contributed by atoms with E-state index in [-0.39, 0.29) is 11.9 Å². The summed E-state index contributed by atoms with van der Waals surface area (Å²) in [6, 6.07) is 5.34. The molecule has 5 heteroatoms. The van der Waals surface area contributed by atoms with Crippen LogP contribution < -0.4 is 10.1 Å². The van der Waals surface area contributed by atoms with Crippen LogP contribution in [0.1, 0.15) is 27.2 Å². The predicted molar refractivity (Wildman–Crippen MR) is 77.1 cm³/mol. The SMILES string of the molecule is CCC(C)NC(=O)C(C)Oc1ccc(Cl)cc1Br. The molecule has 0 heterocycles. The number of nitrogens with one attached hydrogen (secondary N) is 1. The standard InChI is InChI=1S/C13H17BrClNO2/c1-4-8(2)16-13(17)9(3)18-12-6-5-10(15)7-11(12)14/h5-9H,4H2,1-3H3,(H,16,17). The Morgan fingerprint density at radius 1 is 1.50 bits per heavy atom. The number of ether oxygens (including phenoxy) is 1. The van der Waals surface area contributed by atoms with Crippen molar-refractivity contribution in [3.05, 3.63) is 27.7 Å². The summed E-state index contributed by atoms with van der Waals surface area (Å²) >= 11 is 9.19. The number of halogens is 2. The van der Waals surface area contributed by atoms with Crippen LogP contribution in [0.25, 0.3) is 0 Å². The fourth-order valence-electron chi connectivity index (χ4n) is 1.28. The van der Waals surface area contributed by atoms with E-state index >= 15 is 0 Å². The van der Waals surface area contributed by atoms with Gasteiger partial charge in [-0.3, -0.25) is 4.79 Å². The summed E-state index contributed by atoms with van der Waals surface area (Å²) in [6.07, 6.45) is 0.347. The summed E-state index contributed by atoms with van der Waals surface area (Å²) in [5, 5.41) is 3.49. The van der Waals surface area contributed by atoms with E-state index in [4.69, 9.17) is 16.3 Å². The fourth-order valence-corrected chi connectivity index (χ4v) is 2.05. The Labute approximate surface area is 121 Å². The lowest BCUT2D eigenvalue weighted by Crippen LogP contribution is -2.41. The number of hydrogen-bond donors (Lipinski definition) is 1. The van der Waals surface area contributed by atoms with E-state index in [1.165, 1.54) is 0 Å². The van der Waals surface area contributed by atoms with Gasteiger partial charge in [0.25, 0.3) is 5.91 Å². The molecule has 1 aromatic carbocycles. The Morgan fingerprint density at radius 2 is 2.17 bits per heavy atom. The van der Waals surface area contributed by atoms with Crippen LogP contribution in [0.3, 0.4) is 0 Å². The topological polar surface area (TPSA) is 38.3 Å². The molecule has 0 aliphatic heterocycles. The van der Waals surface area contributed by atoms with Crippen molar-refractivity contribution < 1.29 is 9.53 Å². The third-order valence-electron chi connectivity index (χ3n) is 2.57. The highest BCUT2D eigenvalue weighted by Gasteiger charge is 2.17. The molecular weight excluding hydrogens is 318 g/mol. The first-order chi connectivity index (χ1) is 8.43. The lowest BCUT2D eigenvalue weighted by Gasteiger charge is -2.18. The van der Waals surface area contributed by atoms with Gasteiger partial charge in [0.1, 0.15) is 5.75 Å². The first-order valence-corrected chi connectivity index (χ1v) is 7.03. The maximum absolute atomic E-state index is 11.8. The number of benzene rings is 1. The van der Waals surface area contributed by atoms with E-state index in [0.717, 1.165) is 10.9 Å². The van der Waals surface area contributed by atoms with Gasteiger partial charge in [0.05, 0.1) is 4.47 Å². The van der Waals surface area contributed by atoms with Crippen molar-refractivity contribution in [2.24, 2.45) is 0 Å². The van der Waals surface area contributed by atoms with E-state index in [1.807, 2.05) is 13.8 Å². The van der Waals surface area contributed by atoms with Crippen molar-refractivity contribution in [1.82, 2.24) is 5.32 Å². The monoisotopic (exact) mass is 333 g/mol. The second kappa shape index (κ2) is 7.00. The Balaban J connectivity index is 2.63. The summed E-state index contributed by atoms with van der Waals surface area (Å²) < 4.78 is 6.32. The Bertz CT molecular complexity index is 425. The summed E-state index contributed by atoms with van der Waals surface area (Å²) in [6.45, 7) is 5.70. The van der Waals surface area contributed by atoms with Crippen LogP contribution in [0.2, 0.25) is 5.02 Å². The molecule has 0 aromatic heterocycles. The molecule has 0 radical (unpaired) electrons. The molecule has 0 aliphatic carbocycles. The van der Waals surface area contributed by atoms with Crippen LogP contribution in [0, 0.1) is 0 Å². The van der Waals surface area contributed by atoms with Crippen LogP contribution in [0.4, 0.5) is 0 Å². The highest BCUT2D eigenvalue weighted by atomic mass is 79.9. The van der Waals surface area contributed by atoms with Crippen molar-refractivity contribution >= 4 is 33.4 Å². The molecule has 3 nitrogen and oxygen atoms in total. The molecule has 1 aromatic rings. The summed E-state index contributed by atoms with van der Waals surface area (Å²) in [5.41, 5.74) is 0. The largest absolute Gasteiger partial charge is 0.480 e. The molecule has 1 amide bonds. The van der Waals surface area contributed by atoms with Gasteiger partial charge >= 0.3 is 0 Å². The number of amides is 1.